The summed E-state index contributed by atoms with van der Waals surface area (Å²) in [5.41, 5.74) is 0.466. The van der Waals surface area contributed by atoms with E-state index in [4.69, 9.17) is 6.92 Å². The van der Waals surface area contributed by atoms with Crippen LogP contribution in [0.5, 0.6) is 0 Å². The van der Waals surface area contributed by atoms with Crippen LogP contribution in [-0.4, -0.2) is 11.7 Å². The summed E-state index contributed by atoms with van der Waals surface area (Å²) in [5, 5.41) is -0.180. The third-order valence-electron chi connectivity index (χ3n) is 0.551. The van der Waals surface area contributed by atoms with Gasteiger partial charge >= 0.3 is 0 Å². The molecule has 3 heteroatoms. The van der Waals surface area contributed by atoms with Crippen molar-refractivity contribution in [1.29, 1.82) is 0 Å². The molecule has 0 rings (SSSR count). The van der Waals surface area contributed by atoms with Gasteiger partial charge in [-0.15, -0.1) is 0 Å². The molecule has 0 heterocycles. The highest BCUT2D eigenvalue weighted by Crippen LogP contribution is 2.08. The standard InChI is InChI=1S/C6H8O2S/c1-4-8-9-6(7)5(2)3/h1H,2,4H2,3H3. The van der Waals surface area contributed by atoms with Gasteiger partial charge in [0.15, 0.2) is 0 Å². The van der Waals surface area contributed by atoms with Crippen LogP contribution in [0.1, 0.15) is 6.92 Å². The Labute approximate surface area is 59.5 Å². The van der Waals surface area contributed by atoms with Crippen LogP contribution in [0, 0.1) is 6.92 Å². The lowest BCUT2D eigenvalue weighted by molar-refractivity contribution is -0.108. The predicted octanol–water partition coefficient (Wildman–Crippen LogP) is 1.46. The zero-order valence-corrected chi connectivity index (χ0v) is 6.03. The van der Waals surface area contributed by atoms with E-state index >= 15 is 0 Å². The van der Waals surface area contributed by atoms with Gasteiger partial charge in [-0.05, 0) is 19.4 Å². The monoisotopic (exact) mass is 144 g/mol. The number of carbonyl (C=O) groups is 1. The van der Waals surface area contributed by atoms with Crippen LogP contribution >= 0.6 is 12.0 Å². The summed E-state index contributed by atoms with van der Waals surface area (Å²) in [4.78, 5) is 10.6. The van der Waals surface area contributed by atoms with Gasteiger partial charge in [-0.3, -0.25) is 4.79 Å². The summed E-state index contributed by atoms with van der Waals surface area (Å²) in [6.45, 7) is 10.0. The molecule has 0 fully saturated rings. The molecule has 2 radical (unpaired) electrons. The summed E-state index contributed by atoms with van der Waals surface area (Å²) in [6, 6.07) is 0. The van der Waals surface area contributed by atoms with Gasteiger partial charge in [-0.2, -0.15) is 0 Å². The molecule has 0 saturated heterocycles. The molecular formula is C6H8O2S. The van der Waals surface area contributed by atoms with Crippen LogP contribution in [0.15, 0.2) is 12.2 Å². The van der Waals surface area contributed by atoms with Crippen molar-refractivity contribution < 1.29 is 8.98 Å². The zero-order valence-electron chi connectivity index (χ0n) is 5.22. The van der Waals surface area contributed by atoms with Gasteiger partial charge in [0.05, 0.1) is 18.6 Å². The van der Waals surface area contributed by atoms with Crippen molar-refractivity contribution in [3.05, 3.63) is 19.1 Å². The van der Waals surface area contributed by atoms with E-state index in [0.717, 1.165) is 12.0 Å². The Morgan fingerprint density at radius 1 is 1.89 bits per heavy atom. The minimum atomic E-state index is -0.180. The highest BCUT2D eigenvalue weighted by molar-refractivity contribution is 8.10. The predicted molar refractivity (Wildman–Crippen MR) is 37.7 cm³/mol. The average Bonchev–Trinajstić information content (AvgIpc) is 1.82. The van der Waals surface area contributed by atoms with Crippen molar-refractivity contribution in [2.45, 2.75) is 6.92 Å². The first-order valence-corrected chi connectivity index (χ1v) is 3.12. The van der Waals surface area contributed by atoms with Crippen LogP contribution in [0.3, 0.4) is 0 Å². The van der Waals surface area contributed by atoms with Crippen molar-refractivity contribution in [2.24, 2.45) is 0 Å². The van der Waals surface area contributed by atoms with Crippen LogP contribution < -0.4 is 0 Å². The Hall–Kier alpha value is -0.280. The third-order valence-corrected chi connectivity index (χ3v) is 1.30. The first kappa shape index (κ1) is 8.72. The zero-order chi connectivity index (χ0) is 7.28. The Morgan fingerprint density at radius 3 is 2.78 bits per heavy atom. The first-order valence-electron chi connectivity index (χ1n) is 2.38. The lowest BCUT2D eigenvalue weighted by atomic mass is 10.4. The van der Waals surface area contributed by atoms with E-state index in [2.05, 4.69) is 10.8 Å². The van der Waals surface area contributed by atoms with Crippen molar-refractivity contribution in [3.63, 3.8) is 0 Å². The van der Waals surface area contributed by atoms with E-state index in [-0.39, 0.29) is 11.7 Å². The maximum Gasteiger partial charge on any atom is 0.241 e. The van der Waals surface area contributed by atoms with Crippen LogP contribution in [-0.2, 0) is 8.98 Å². The quantitative estimate of drug-likeness (QED) is 0.443. The van der Waals surface area contributed by atoms with Gasteiger partial charge < -0.3 is 4.18 Å². The Morgan fingerprint density at radius 2 is 2.44 bits per heavy atom. The molecule has 2 nitrogen and oxygen atoms in total. The largest absolute Gasteiger partial charge is 0.307 e. The van der Waals surface area contributed by atoms with E-state index < -0.39 is 0 Å². The highest BCUT2D eigenvalue weighted by atomic mass is 32.2. The van der Waals surface area contributed by atoms with Gasteiger partial charge in [0.25, 0.3) is 0 Å². The molecule has 0 spiro atoms. The molecule has 0 bridgehead atoms. The molecule has 0 aromatic rings. The van der Waals surface area contributed by atoms with Gasteiger partial charge in [-0.25, -0.2) is 0 Å². The molecule has 0 aliphatic rings. The smallest absolute Gasteiger partial charge is 0.241 e. The van der Waals surface area contributed by atoms with E-state index in [0.29, 0.717) is 5.57 Å². The Balaban J connectivity index is 3.39. The fourth-order valence-electron chi connectivity index (χ4n) is 0.159. The summed E-state index contributed by atoms with van der Waals surface area (Å²) in [6.07, 6.45) is 0. The summed E-state index contributed by atoms with van der Waals surface area (Å²) < 4.78 is 4.54. The van der Waals surface area contributed by atoms with E-state index in [9.17, 15) is 4.79 Å². The normalized spacial score (nSPS) is 9.11. The Kier molecular flexibility index (Phi) is 4.44. The topological polar surface area (TPSA) is 26.3 Å². The van der Waals surface area contributed by atoms with E-state index in [1.165, 1.54) is 0 Å². The number of carbonyl (C=O) groups excluding carboxylic acids is 1. The molecule has 0 aromatic carbocycles. The molecule has 0 atom stereocenters. The van der Waals surface area contributed by atoms with E-state index in [1.54, 1.807) is 6.92 Å². The van der Waals surface area contributed by atoms with E-state index in [1.807, 2.05) is 0 Å². The molecule has 0 amide bonds. The molecule has 0 N–H and O–H groups in total. The van der Waals surface area contributed by atoms with Gasteiger partial charge in [0.1, 0.15) is 0 Å². The molecule has 50 valence electrons. The van der Waals surface area contributed by atoms with Crippen molar-refractivity contribution in [2.75, 3.05) is 6.61 Å². The molecule has 9 heavy (non-hydrogen) atoms. The fraction of sp³-hybridized carbons (Fsp3) is 0.333. The molecule has 0 saturated carbocycles. The van der Waals surface area contributed by atoms with Crippen LogP contribution in [0.2, 0.25) is 0 Å². The second-order valence-corrected chi connectivity index (χ2v) is 2.21. The lowest BCUT2D eigenvalue weighted by Gasteiger charge is -1.94. The minimum Gasteiger partial charge on any atom is -0.307 e. The maximum atomic E-state index is 10.6. The maximum absolute atomic E-state index is 10.6. The van der Waals surface area contributed by atoms with Crippen LogP contribution in [0.25, 0.3) is 0 Å². The lowest BCUT2D eigenvalue weighted by Crippen LogP contribution is -1.92. The van der Waals surface area contributed by atoms with Crippen LogP contribution in [0.4, 0.5) is 0 Å². The first-order chi connectivity index (χ1) is 4.18. The van der Waals surface area contributed by atoms with Crippen molar-refractivity contribution in [3.8, 4) is 0 Å². The average molecular weight is 144 g/mol. The minimum absolute atomic E-state index is 0.0453. The van der Waals surface area contributed by atoms with Gasteiger partial charge in [0, 0.05) is 0 Å². The second-order valence-electron chi connectivity index (χ2n) is 1.44. The molecular weight excluding hydrogens is 136 g/mol. The molecule has 0 aliphatic heterocycles. The second kappa shape index (κ2) is 4.58. The van der Waals surface area contributed by atoms with Gasteiger partial charge in [0.2, 0.25) is 5.12 Å². The summed E-state index contributed by atoms with van der Waals surface area (Å²) in [7, 11) is 0. The van der Waals surface area contributed by atoms with Crippen molar-refractivity contribution >= 4 is 17.2 Å². The summed E-state index contributed by atoms with van der Waals surface area (Å²) in [5.74, 6) is 0. The molecule has 0 aliphatic carbocycles. The number of rotatable bonds is 3. The number of hydrogen-bond donors (Lipinski definition) is 0. The molecule has 0 unspecified atom stereocenters. The number of hydrogen-bond acceptors (Lipinski definition) is 3. The SMILES string of the molecule is [CH]COSC(=O)C(=C)C. The fourth-order valence-corrected chi connectivity index (χ4v) is 0.476. The summed E-state index contributed by atoms with van der Waals surface area (Å²) >= 11 is 0.721. The molecule has 0 aromatic heterocycles. The van der Waals surface area contributed by atoms with Gasteiger partial charge in [-0.1, -0.05) is 6.58 Å². The highest BCUT2D eigenvalue weighted by Gasteiger charge is 2.01. The van der Waals surface area contributed by atoms with Crippen molar-refractivity contribution in [1.82, 2.24) is 0 Å². The third kappa shape index (κ3) is 4.24. The Bertz CT molecular complexity index is 120.